The Morgan fingerprint density at radius 1 is 1.00 bits per heavy atom. The summed E-state index contributed by atoms with van der Waals surface area (Å²) in [5.74, 6) is 0. The molecule has 0 heterocycles. The predicted octanol–water partition coefficient (Wildman–Crippen LogP) is 4.06. The molecule has 0 nitrogen and oxygen atoms in total. The lowest BCUT2D eigenvalue weighted by Gasteiger charge is -2.33. The molecule has 0 rings (SSSR count). The average Bonchev–Trinajstić information content (AvgIpc) is 1.86. The maximum atomic E-state index is 3.98. The van der Waals surface area contributed by atoms with Crippen molar-refractivity contribution in [2.24, 2.45) is 10.8 Å². The lowest BCUT2D eigenvalue weighted by Crippen LogP contribution is -2.21. The molecule has 0 spiro atoms. The van der Waals surface area contributed by atoms with Gasteiger partial charge in [0, 0.05) is 0 Å². The molecule has 0 saturated heterocycles. The molecule has 1 radical (unpaired) electrons. The van der Waals surface area contributed by atoms with Crippen LogP contribution in [0.1, 0.15) is 53.9 Å². The Bertz CT molecular complexity index is 95.2. The number of hydrogen-bond acceptors (Lipinski definition) is 0. The van der Waals surface area contributed by atoms with E-state index in [1.54, 1.807) is 0 Å². The standard InChI is InChI=1S/C11H23/c1-7-10(3,4)9-11(5,6)8-2/h1,7-9H2,2-6H3. The number of rotatable bonds is 4. The highest BCUT2D eigenvalue weighted by atomic mass is 14.3. The molecule has 0 aliphatic heterocycles. The average molecular weight is 155 g/mol. The van der Waals surface area contributed by atoms with E-state index in [0.29, 0.717) is 10.8 Å². The third-order valence-corrected chi connectivity index (χ3v) is 2.59. The molecule has 0 amide bonds. The van der Waals surface area contributed by atoms with Crippen LogP contribution in [0.15, 0.2) is 0 Å². The normalized spacial score (nSPS) is 13.6. The van der Waals surface area contributed by atoms with Crippen LogP contribution in [0, 0.1) is 17.8 Å². The fraction of sp³-hybridized carbons (Fsp3) is 0.909. The van der Waals surface area contributed by atoms with Crippen LogP contribution >= 0.6 is 0 Å². The molecule has 0 unspecified atom stereocenters. The Kier molecular flexibility index (Phi) is 3.60. The van der Waals surface area contributed by atoms with Gasteiger partial charge in [0.25, 0.3) is 0 Å². The van der Waals surface area contributed by atoms with Crippen LogP contribution in [0.3, 0.4) is 0 Å². The second kappa shape index (κ2) is 3.60. The van der Waals surface area contributed by atoms with E-state index in [1.165, 1.54) is 12.8 Å². The summed E-state index contributed by atoms with van der Waals surface area (Å²) in [6, 6.07) is 0. The van der Waals surface area contributed by atoms with Crippen LogP contribution in [-0.4, -0.2) is 0 Å². The molecule has 11 heavy (non-hydrogen) atoms. The van der Waals surface area contributed by atoms with Crippen molar-refractivity contribution in [1.82, 2.24) is 0 Å². The Morgan fingerprint density at radius 2 is 1.45 bits per heavy atom. The zero-order valence-electron chi connectivity index (χ0n) is 8.83. The molecule has 67 valence electrons. The van der Waals surface area contributed by atoms with Crippen LogP contribution in [-0.2, 0) is 0 Å². The van der Waals surface area contributed by atoms with Crippen molar-refractivity contribution < 1.29 is 0 Å². The molecule has 0 N–H and O–H groups in total. The molecule has 0 atom stereocenters. The SMILES string of the molecule is [CH2]CC(C)(C)CC(C)(C)CC. The highest BCUT2D eigenvalue weighted by Gasteiger charge is 2.25. The number of hydrogen-bond donors (Lipinski definition) is 0. The lowest BCUT2D eigenvalue weighted by molar-refractivity contribution is 0.190. The van der Waals surface area contributed by atoms with Crippen molar-refractivity contribution in [3.63, 3.8) is 0 Å². The van der Waals surface area contributed by atoms with Crippen molar-refractivity contribution in [3.8, 4) is 0 Å². The Labute approximate surface area is 72.4 Å². The van der Waals surface area contributed by atoms with Gasteiger partial charge in [-0.15, -0.1) is 0 Å². The third-order valence-electron chi connectivity index (χ3n) is 2.59. The first-order valence-electron chi connectivity index (χ1n) is 4.62. The Hall–Kier alpha value is 0. The molecule has 0 aromatic carbocycles. The zero-order chi connectivity index (χ0) is 9.12. The summed E-state index contributed by atoms with van der Waals surface area (Å²) in [5, 5.41) is 0. The summed E-state index contributed by atoms with van der Waals surface area (Å²) in [4.78, 5) is 0. The van der Waals surface area contributed by atoms with E-state index in [4.69, 9.17) is 0 Å². The summed E-state index contributed by atoms with van der Waals surface area (Å²) in [5.41, 5.74) is 0.903. The summed E-state index contributed by atoms with van der Waals surface area (Å²) in [7, 11) is 0. The van der Waals surface area contributed by atoms with Crippen LogP contribution in [0.4, 0.5) is 0 Å². The van der Waals surface area contributed by atoms with Gasteiger partial charge in [0.15, 0.2) is 0 Å². The van der Waals surface area contributed by atoms with Crippen LogP contribution < -0.4 is 0 Å². The van der Waals surface area contributed by atoms with Crippen molar-refractivity contribution >= 4 is 0 Å². The molecule has 0 heteroatoms. The molecule has 0 aliphatic carbocycles. The molecule has 0 aromatic rings. The minimum absolute atomic E-state index is 0.416. The quantitative estimate of drug-likeness (QED) is 0.574. The van der Waals surface area contributed by atoms with Crippen molar-refractivity contribution in [1.29, 1.82) is 0 Å². The van der Waals surface area contributed by atoms with Gasteiger partial charge in [-0.2, -0.15) is 0 Å². The van der Waals surface area contributed by atoms with Gasteiger partial charge in [-0.3, -0.25) is 0 Å². The van der Waals surface area contributed by atoms with Crippen LogP contribution in [0.5, 0.6) is 0 Å². The van der Waals surface area contributed by atoms with Gasteiger partial charge in [-0.05, 0) is 23.7 Å². The molecular weight excluding hydrogens is 132 g/mol. The summed E-state index contributed by atoms with van der Waals surface area (Å²) in [6.45, 7) is 15.5. The molecule has 0 aliphatic rings. The van der Waals surface area contributed by atoms with Crippen LogP contribution in [0.25, 0.3) is 0 Å². The third kappa shape index (κ3) is 4.44. The van der Waals surface area contributed by atoms with E-state index < -0.39 is 0 Å². The van der Waals surface area contributed by atoms with Gasteiger partial charge in [-0.1, -0.05) is 48.0 Å². The van der Waals surface area contributed by atoms with Gasteiger partial charge < -0.3 is 0 Å². The fourth-order valence-electron chi connectivity index (χ4n) is 1.51. The van der Waals surface area contributed by atoms with E-state index in [1.807, 2.05) is 0 Å². The van der Waals surface area contributed by atoms with E-state index in [0.717, 1.165) is 6.42 Å². The van der Waals surface area contributed by atoms with Gasteiger partial charge >= 0.3 is 0 Å². The van der Waals surface area contributed by atoms with Crippen molar-refractivity contribution in [3.05, 3.63) is 6.92 Å². The van der Waals surface area contributed by atoms with E-state index in [9.17, 15) is 0 Å². The Morgan fingerprint density at radius 3 is 1.73 bits per heavy atom. The predicted molar refractivity (Wildman–Crippen MR) is 52.4 cm³/mol. The minimum atomic E-state index is 0.416. The molecule has 0 aromatic heterocycles. The highest BCUT2D eigenvalue weighted by Crippen LogP contribution is 2.37. The summed E-state index contributed by atoms with van der Waals surface area (Å²) < 4.78 is 0. The van der Waals surface area contributed by atoms with Crippen LogP contribution in [0.2, 0.25) is 0 Å². The molecule has 0 saturated carbocycles. The molecule has 0 fully saturated rings. The Balaban J connectivity index is 4.02. The first-order valence-corrected chi connectivity index (χ1v) is 4.62. The summed E-state index contributed by atoms with van der Waals surface area (Å²) >= 11 is 0. The fourth-order valence-corrected chi connectivity index (χ4v) is 1.51. The smallest absolute Gasteiger partial charge is 0.0349 e. The monoisotopic (exact) mass is 155 g/mol. The van der Waals surface area contributed by atoms with E-state index in [-0.39, 0.29) is 0 Å². The lowest BCUT2D eigenvalue weighted by atomic mass is 9.72. The van der Waals surface area contributed by atoms with Gasteiger partial charge in [0.05, 0.1) is 0 Å². The van der Waals surface area contributed by atoms with E-state index >= 15 is 0 Å². The highest BCUT2D eigenvalue weighted by molar-refractivity contribution is 4.78. The zero-order valence-corrected chi connectivity index (χ0v) is 8.83. The van der Waals surface area contributed by atoms with Gasteiger partial charge in [0.1, 0.15) is 0 Å². The topological polar surface area (TPSA) is 0 Å². The van der Waals surface area contributed by atoms with Crippen molar-refractivity contribution in [2.45, 2.75) is 53.9 Å². The van der Waals surface area contributed by atoms with E-state index in [2.05, 4.69) is 41.5 Å². The summed E-state index contributed by atoms with van der Waals surface area (Å²) in [6.07, 6.45) is 3.58. The maximum absolute atomic E-state index is 3.98. The van der Waals surface area contributed by atoms with Crippen molar-refractivity contribution in [2.75, 3.05) is 0 Å². The first-order chi connectivity index (χ1) is 4.83. The molecule has 0 bridgehead atoms. The largest absolute Gasteiger partial charge is 0.0649 e. The molecular formula is C11H23. The second-order valence-electron chi connectivity index (χ2n) is 5.11. The maximum Gasteiger partial charge on any atom is -0.0349 e. The van der Waals surface area contributed by atoms with Gasteiger partial charge in [-0.25, -0.2) is 0 Å². The first kappa shape index (κ1) is 11.0. The minimum Gasteiger partial charge on any atom is -0.0649 e. The second-order valence-corrected chi connectivity index (χ2v) is 5.11. The van der Waals surface area contributed by atoms with Gasteiger partial charge in [0.2, 0.25) is 0 Å².